The van der Waals surface area contributed by atoms with E-state index in [4.69, 9.17) is 0 Å². The van der Waals surface area contributed by atoms with Crippen LogP contribution in [0.25, 0.3) is 0 Å². The van der Waals surface area contributed by atoms with E-state index >= 15 is 0 Å². The topological polar surface area (TPSA) is 3.24 Å². The number of hydrogen-bond acceptors (Lipinski definition) is 2. The molecule has 0 spiro atoms. The van der Waals surface area contributed by atoms with Gasteiger partial charge >= 0.3 is 0 Å². The van der Waals surface area contributed by atoms with E-state index in [1.807, 2.05) is 11.3 Å². The molecule has 90 valence electrons. The smallest absolute Gasteiger partial charge is 0.0701 e. The fourth-order valence-electron chi connectivity index (χ4n) is 3.10. The maximum absolute atomic E-state index is 3.54. The predicted octanol–water partition coefficient (Wildman–Crippen LogP) is 4.45. The maximum atomic E-state index is 3.54. The molecule has 2 saturated heterocycles. The van der Waals surface area contributed by atoms with E-state index < -0.39 is 0 Å². The minimum Gasteiger partial charge on any atom is -0.292 e. The number of nitrogens with zero attached hydrogens (tertiary/aromatic N) is 1. The molecule has 4 heteroatoms. The summed E-state index contributed by atoms with van der Waals surface area (Å²) in [7, 11) is 0. The third-order valence-electron chi connectivity index (χ3n) is 3.81. The number of rotatable bonds is 2. The molecular formula is C12H17BrClNS. The number of piperidine rings is 1. The Balaban J connectivity index is 0.000000963. The Hall–Kier alpha value is 0.430. The van der Waals surface area contributed by atoms with Crippen molar-refractivity contribution < 1.29 is 0 Å². The Morgan fingerprint density at radius 2 is 1.88 bits per heavy atom. The van der Waals surface area contributed by atoms with Gasteiger partial charge in [-0.3, -0.25) is 4.90 Å². The lowest BCUT2D eigenvalue weighted by Gasteiger charge is -2.34. The lowest BCUT2D eigenvalue weighted by Crippen LogP contribution is -2.38. The van der Waals surface area contributed by atoms with Gasteiger partial charge in [-0.25, -0.2) is 0 Å². The minimum absolute atomic E-state index is 0. The molecule has 0 radical (unpaired) electrons. The van der Waals surface area contributed by atoms with E-state index in [0.29, 0.717) is 0 Å². The van der Waals surface area contributed by atoms with Crippen molar-refractivity contribution in [3.05, 3.63) is 20.8 Å². The van der Waals surface area contributed by atoms with Gasteiger partial charge in [0.05, 0.1) is 3.79 Å². The Morgan fingerprint density at radius 1 is 1.19 bits per heavy atom. The first-order valence-corrected chi connectivity index (χ1v) is 7.44. The highest BCUT2D eigenvalue weighted by atomic mass is 79.9. The van der Waals surface area contributed by atoms with E-state index in [1.165, 1.54) is 47.3 Å². The van der Waals surface area contributed by atoms with Gasteiger partial charge < -0.3 is 0 Å². The molecule has 2 unspecified atom stereocenters. The van der Waals surface area contributed by atoms with Crippen LogP contribution in [0.3, 0.4) is 0 Å². The van der Waals surface area contributed by atoms with Crippen molar-refractivity contribution in [3.8, 4) is 0 Å². The molecule has 0 saturated carbocycles. The maximum Gasteiger partial charge on any atom is 0.0701 e. The molecule has 3 heterocycles. The highest BCUT2D eigenvalue weighted by molar-refractivity contribution is 9.11. The standard InChI is InChI=1S/C12H16BrNS.ClH/c13-12-7-6-11(15-12)8-14-9-2-1-3-10(14)5-4-9;/h6-7,9-10H,1-5,8H2;1H. The third-order valence-corrected chi connectivity index (χ3v) is 5.42. The Kier molecular flexibility index (Phi) is 4.33. The quantitative estimate of drug-likeness (QED) is 0.777. The van der Waals surface area contributed by atoms with Gasteiger partial charge in [0.25, 0.3) is 0 Å². The van der Waals surface area contributed by atoms with Crippen LogP contribution in [0.2, 0.25) is 0 Å². The molecule has 0 aromatic carbocycles. The lowest BCUT2D eigenvalue weighted by atomic mass is 10.0. The molecule has 0 N–H and O–H groups in total. The van der Waals surface area contributed by atoms with E-state index in [2.05, 4.69) is 33.0 Å². The average Bonchev–Trinajstić information content (AvgIpc) is 2.71. The molecule has 1 nitrogen and oxygen atoms in total. The van der Waals surface area contributed by atoms with Crippen LogP contribution in [0.5, 0.6) is 0 Å². The van der Waals surface area contributed by atoms with Crippen molar-refractivity contribution in [1.82, 2.24) is 4.90 Å². The SMILES string of the molecule is Brc1ccc(CN2C3CCCC2CC3)s1.Cl. The highest BCUT2D eigenvalue weighted by Crippen LogP contribution is 2.37. The van der Waals surface area contributed by atoms with Gasteiger partial charge in [-0.2, -0.15) is 0 Å². The molecule has 1 aromatic heterocycles. The third kappa shape index (κ3) is 2.47. The lowest BCUT2D eigenvalue weighted by molar-refractivity contribution is 0.133. The molecule has 2 bridgehead atoms. The number of fused-ring (bicyclic) bond motifs is 2. The second kappa shape index (κ2) is 5.38. The zero-order valence-corrected chi connectivity index (χ0v) is 12.4. The molecule has 0 aliphatic carbocycles. The van der Waals surface area contributed by atoms with Crippen LogP contribution < -0.4 is 0 Å². The number of halogens is 2. The predicted molar refractivity (Wildman–Crippen MR) is 75.5 cm³/mol. The minimum atomic E-state index is 0. The normalized spacial score (nSPS) is 29.1. The Bertz CT molecular complexity index is 339. The molecule has 1 aromatic rings. The van der Waals surface area contributed by atoms with Gasteiger partial charge in [-0.15, -0.1) is 23.7 Å². The van der Waals surface area contributed by atoms with Crippen LogP contribution in [0.15, 0.2) is 15.9 Å². The van der Waals surface area contributed by atoms with Crippen LogP contribution in [-0.4, -0.2) is 17.0 Å². The molecule has 16 heavy (non-hydrogen) atoms. The summed E-state index contributed by atoms with van der Waals surface area (Å²) in [4.78, 5) is 4.27. The van der Waals surface area contributed by atoms with Crippen LogP contribution in [0, 0.1) is 0 Å². The summed E-state index contributed by atoms with van der Waals surface area (Å²) in [6, 6.07) is 6.23. The summed E-state index contributed by atoms with van der Waals surface area (Å²) in [6.07, 6.45) is 7.21. The van der Waals surface area contributed by atoms with Crippen molar-refractivity contribution in [2.45, 2.75) is 50.7 Å². The average molecular weight is 323 g/mol. The molecule has 2 atom stereocenters. The second-order valence-electron chi connectivity index (χ2n) is 4.69. The van der Waals surface area contributed by atoms with Crippen LogP contribution >= 0.6 is 39.7 Å². The van der Waals surface area contributed by atoms with Gasteiger partial charge in [-0.05, 0) is 53.7 Å². The first-order valence-electron chi connectivity index (χ1n) is 5.83. The van der Waals surface area contributed by atoms with Gasteiger partial charge in [0.15, 0.2) is 0 Å². The molecule has 2 aliphatic heterocycles. The first kappa shape index (κ1) is 12.9. The summed E-state index contributed by atoms with van der Waals surface area (Å²) >= 11 is 5.43. The zero-order chi connectivity index (χ0) is 10.3. The Morgan fingerprint density at radius 3 is 2.44 bits per heavy atom. The Labute approximate surface area is 116 Å². The zero-order valence-electron chi connectivity index (χ0n) is 9.19. The summed E-state index contributed by atoms with van der Waals surface area (Å²) in [5.74, 6) is 0. The van der Waals surface area contributed by atoms with Crippen molar-refractivity contribution in [2.75, 3.05) is 0 Å². The van der Waals surface area contributed by atoms with Gasteiger partial charge in [0.1, 0.15) is 0 Å². The molecule has 2 aliphatic rings. The van der Waals surface area contributed by atoms with Crippen molar-refractivity contribution in [1.29, 1.82) is 0 Å². The van der Waals surface area contributed by atoms with E-state index in [9.17, 15) is 0 Å². The number of hydrogen-bond donors (Lipinski definition) is 0. The van der Waals surface area contributed by atoms with Gasteiger partial charge in [-0.1, -0.05) is 6.42 Å². The molecule has 2 fully saturated rings. The second-order valence-corrected chi connectivity index (χ2v) is 7.24. The van der Waals surface area contributed by atoms with Gasteiger partial charge in [0.2, 0.25) is 0 Å². The highest BCUT2D eigenvalue weighted by Gasteiger charge is 2.36. The first-order chi connectivity index (χ1) is 7.33. The molecule has 3 rings (SSSR count). The van der Waals surface area contributed by atoms with Gasteiger partial charge in [0, 0.05) is 23.5 Å². The molecular weight excluding hydrogens is 306 g/mol. The summed E-state index contributed by atoms with van der Waals surface area (Å²) < 4.78 is 1.27. The van der Waals surface area contributed by atoms with Crippen LogP contribution in [-0.2, 0) is 6.54 Å². The van der Waals surface area contributed by atoms with Crippen molar-refractivity contribution in [3.63, 3.8) is 0 Å². The van der Waals surface area contributed by atoms with Crippen LogP contribution in [0.1, 0.15) is 37.0 Å². The largest absolute Gasteiger partial charge is 0.292 e. The van der Waals surface area contributed by atoms with E-state index in [0.717, 1.165) is 12.1 Å². The number of thiophene rings is 1. The van der Waals surface area contributed by atoms with E-state index in [-0.39, 0.29) is 12.4 Å². The summed E-state index contributed by atoms with van der Waals surface area (Å²) in [6.45, 7) is 1.19. The summed E-state index contributed by atoms with van der Waals surface area (Å²) in [5, 5.41) is 0. The van der Waals surface area contributed by atoms with Crippen LogP contribution in [0.4, 0.5) is 0 Å². The fourth-order valence-corrected chi connectivity index (χ4v) is 4.59. The van der Waals surface area contributed by atoms with Crippen molar-refractivity contribution in [2.24, 2.45) is 0 Å². The van der Waals surface area contributed by atoms with E-state index in [1.54, 1.807) is 0 Å². The fraction of sp³-hybridized carbons (Fsp3) is 0.667. The molecule has 0 amide bonds. The summed E-state index contributed by atoms with van der Waals surface area (Å²) in [5.41, 5.74) is 0. The van der Waals surface area contributed by atoms with Crippen molar-refractivity contribution >= 4 is 39.7 Å². The monoisotopic (exact) mass is 321 g/mol.